The number of rotatable bonds is 5. The molecule has 1 unspecified atom stereocenters. The summed E-state index contributed by atoms with van der Waals surface area (Å²) in [5.41, 5.74) is 2.64. The van der Waals surface area contributed by atoms with Gasteiger partial charge < -0.3 is 21.1 Å². The minimum Gasteiger partial charge on any atom is -0.480 e. The molecule has 1 heterocycles. The Kier molecular flexibility index (Phi) is 6.87. The second kappa shape index (κ2) is 9.41. The Morgan fingerprint density at radius 2 is 1.71 bits per heavy atom. The number of nitrogens with one attached hydrogen (secondary N) is 3. The molecule has 0 fully saturated rings. The molecular formula is C22H21Cl2N3O4. The molecular weight excluding hydrogens is 441 g/mol. The highest BCUT2D eigenvalue weighted by atomic mass is 35.5. The summed E-state index contributed by atoms with van der Waals surface area (Å²) in [5, 5.41) is 18.5. The highest BCUT2D eigenvalue weighted by Gasteiger charge is 2.29. The topological polar surface area (TPSA) is 108 Å². The molecule has 4 N–H and O–H groups in total. The average Bonchev–Trinajstić information content (AvgIpc) is 2.68. The summed E-state index contributed by atoms with van der Waals surface area (Å²) in [6.07, 6.45) is 1.42. The van der Waals surface area contributed by atoms with E-state index in [9.17, 15) is 19.5 Å². The first-order valence-electron chi connectivity index (χ1n) is 9.55. The van der Waals surface area contributed by atoms with Gasteiger partial charge in [-0.15, -0.1) is 0 Å². The van der Waals surface area contributed by atoms with Gasteiger partial charge in [0.05, 0.1) is 5.02 Å². The molecule has 162 valence electrons. The first kappa shape index (κ1) is 22.7. The summed E-state index contributed by atoms with van der Waals surface area (Å²) in [4.78, 5) is 35.9. The largest absolute Gasteiger partial charge is 0.480 e. The van der Waals surface area contributed by atoms with E-state index in [2.05, 4.69) is 16.0 Å². The van der Waals surface area contributed by atoms with Crippen LogP contribution in [0, 0.1) is 5.92 Å². The van der Waals surface area contributed by atoms with Crippen LogP contribution in [0.3, 0.4) is 0 Å². The Morgan fingerprint density at radius 3 is 2.29 bits per heavy atom. The molecule has 0 saturated carbocycles. The Bertz CT molecular complexity index is 1070. The van der Waals surface area contributed by atoms with Gasteiger partial charge in [0, 0.05) is 46.1 Å². The predicted octanol–water partition coefficient (Wildman–Crippen LogP) is 4.88. The van der Waals surface area contributed by atoms with Crippen molar-refractivity contribution in [2.75, 3.05) is 16.0 Å². The molecule has 0 radical (unpaired) electrons. The Hall–Kier alpha value is -3.03. The lowest BCUT2D eigenvalue weighted by atomic mass is 9.92. The van der Waals surface area contributed by atoms with Crippen molar-refractivity contribution in [3.8, 4) is 0 Å². The maximum atomic E-state index is 12.6. The molecule has 31 heavy (non-hydrogen) atoms. The lowest BCUT2D eigenvalue weighted by Gasteiger charge is -2.27. The maximum absolute atomic E-state index is 12.6. The minimum absolute atomic E-state index is 0.0806. The second-order valence-electron chi connectivity index (χ2n) is 7.43. The van der Waals surface area contributed by atoms with Crippen molar-refractivity contribution in [2.45, 2.75) is 26.3 Å². The number of hydrogen-bond donors (Lipinski definition) is 4. The molecule has 0 spiro atoms. The number of carboxylic acids is 1. The number of halogens is 2. The SMILES string of the molecule is CC(C)C(=O)Nc1ccc(NC(=O)/C=C2\CC(C(=O)O)Nc3cc(Cl)cc(Cl)c32)cc1. The molecule has 2 aromatic carbocycles. The van der Waals surface area contributed by atoms with E-state index in [1.165, 1.54) is 6.08 Å². The van der Waals surface area contributed by atoms with Gasteiger partial charge in [-0.05, 0) is 42.0 Å². The highest BCUT2D eigenvalue weighted by molar-refractivity contribution is 6.36. The van der Waals surface area contributed by atoms with Crippen LogP contribution < -0.4 is 16.0 Å². The van der Waals surface area contributed by atoms with E-state index in [-0.39, 0.29) is 18.2 Å². The fraction of sp³-hybridized carbons (Fsp3) is 0.227. The van der Waals surface area contributed by atoms with Gasteiger partial charge in [0.15, 0.2) is 0 Å². The van der Waals surface area contributed by atoms with Crippen molar-refractivity contribution in [3.63, 3.8) is 0 Å². The molecule has 1 aliphatic rings. The third kappa shape index (κ3) is 5.57. The van der Waals surface area contributed by atoms with Gasteiger partial charge in [-0.3, -0.25) is 9.59 Å². The van der Waals surface area contributed by atoms with Gasteiger partial charge in [0.2, 0.25) is 11.8 Å². The number of fused-ring (bicyclic) bond motifs is 1. The number of amides is 2. The van der Waals surface area contributed by atoms with E-state index in [1.807, 2.05) is 0 Å². The number of anilines is 3. The normalized spacial score (nSPS) is 16.4. The number of carboxylic acid groups (broad SMARTS) is 1. The van der Waals surface area contributed by atoms with Crippen molar-refractivity contribution >= 4 is 63.6 Å². The summed E-state index contributed by atoms with van der Waals surface area (Å²) in [5.74, 6) is -1.73. The lowest BCUT2D eigenvalue weighted by Crippen LogP contribution is -2.33. The minimum atomic E-state index is -1.05. The van der Waals surface area contributed by atoms with Gasteiger partial charge in [-0.2, -0.15) is 0 Å². The first-order valence-corrected chi connectivity index (χ1v) is 10.3. The van der Waals surface area contributed by atoms with Crippen LogP contribution in [0.25, 0.3) is 5.57 Å². The summed E-state index contributed by atoms with van der Waals surface area (Å²) >= 11 is 12.3. The van der Waals surface area contributed by atoms with E-state index < -0.39 is 17.9 Å². The molecule has 0 bridgehead atoms. The average molecular weight is 462 g/mol. The fourth-order valence-corrected chi connectivity index (χ4v) is 3.73. The van der Waals surface area contributed by atoms with Gasteiger partial charge in [0.1, 0.15) is 6.04 Å². The predicted molar refractivity (Wildman–Crippen MR) is 123 cm³/mol. The summed E-state index contributed by atoms with van der Waals surface area (Å²) in [6, 6.07) is 8.90. The van der Waals surface area contributed by atoms with E-state index in [1.54, 1.807) is 50.2 Å². The Morgan fingerprint density at radius 1 is 1.10 bits per heavy atom. The van der Waals surface area contributed by atoms with Crippen LogP contribution in [-0.2, 0) is 14.4 Å². The zero-order chi connectivity index (χ0) is 22.7. The third-order valence-corrected chi connectivity index (χ3v) is 5.19. The monoisotopic (exact) mass is 461 g/mol. The van der Waals surface area contributed by atoms with Crippen LogP contribution in [0.15, 0.2) is 42.5 Å². The van der Waals surface area contributed by atoms with E-state index in [0.717, 1.165) is 0 Å². The molecule has 1 atom stereocenters. The quantitative estimate of drug-likeness (QED) is 0.474. The maximum Gasteiger partial charge on any atom is 0.326 e. The van der Waals surface area contributed by atoms with Crippen LogP contribution in [-0.4, -0.2) is 28.9 Å². The smallest absolute Gasteiger partial charge is 0.326 e. The molecule has 2 aromatic rings. The van der Waals surface area contributed by atoms with Crippen molar-refractivity contribution in [3.05, 3.63) is 58.1 Å². The third-order valence-electron chi connectivity index (χ3n) is 4.68. The molecule has 0 aromatic heterocycles. The highest BCUT2D eigenvalue weighted by Crippen LogP contribution is 2.40. The van der Waals surface area contributed by atoms with Gasteiger partial charge in [-0.1, -0.05) is 37.0 Å². The second-order valence-corrected chi connectivity index (χ2v) is 8.27. The van der Waals surface area contributed by atoms with E-state index in [4.69, 9.17) is 23.2 Å². The van der Waals surface area contributed by atoms with Crippen LogP contribution in [0.5, 0.6) is 0 Å². The van der Waals surface area contributed by atoms with Crippen molar-refractivity contribution in [1.82, 2.24) is 0 Å². The van der Waals surface area contributed by atoms with Crippen molar-refractivity contribution in [1.29, 1.82) is 0 Å². The Labute approximate surface area is 189 Å². The molecule has 0 saturated heterocycles. The van der Waals surface area contributed by atoms with Gasteiger partial charge >= 0.3 is 5.97 Å². The molecule has 9 heteroatoms. The Balaban J connectivity index is 1.80. The summed E-state index contributed by atoms with van der Waals surface area (Å²) < 4.78 is 0. The summed E-state index contributed by atoms with van der Waals surface area (Å²) in [7, 11) is 0. The number of carbonyl (C=O) groups is 3. The summed E-state index contributed by atoms with van der Waals surface area (Å²) in [6.45, 7) is 3.59. The fourth-order valence-electron chi connectivity index (χ4n) is 3.11. The van der Waals surface area contributed by atoms with E-state index in [0.29, 0.717) is 38.2 Å². The number of aliphatic carboxylic acids is 1. The molecule has 7 nitrogen and oxygen atoms in total. The molecule has 1 aliphatic heterocycles. The number of hydrogen-bond acceptors (Lipinski definition) is 4. The molecule has 0 aliphatic carbocycles. The standard InChI is InChI=1S/C22H21Cl2N3O4/c1-11(2)21(29)26-15-5-3-14(4-6-15)25-19(28)8-12-7-18(22(30)31)27-17-10-13(23)9-16(24)20(12)17/h3-6,8-11,18,27H,7H2,1-2H3,(H,25,28)(H,26,29)(H,30,31)/b12-8+. The van der Waals surface area contributed by atoms with Crippen LogP contribution in [0.4, 0.5) is 17.1 Å². The van der Waals surface area contributed by atoms with Crippen LogP contribution in [0.2, 0.25) is 10.0 Å². The molecule has 3 rings (SSSR count). The lowest BCUT2D eigenvalue weighted by molar-refractivity contribution is -0.137. The van der Waals surface area contributed by atoms with Crippen molar-refractivity contribution < 1.29 is 19.5 Å². The zero-order valence-corrected chi connectivity index (χ0v) is 18.3. The van der Waals surface area contributed by atoms with Crippen LogP contribution in [0.1, 0.15) is 25.8 Å². The van der Waals surface area contributed by atoms with Gasteiger partial charge in [0.25, 0.3) is 0 Å². The van der Waals surface area contributed by atoms with Crippen LogP contribution >= 0.6 is 23.2 Å². The number of benzene rings is 2. The molecule has 2 amide bonds. The zero-order valence-electron chi connectivity index (χ0n) is 16.8. The van der Waals surface area contributed by atoms with E-state index >= 15 is 0 Å². The van der Waals surface area contributed by atoms with Crippen molar-refractivity contribution in [2.24, 2.45) is 5.92 Å². The first-order chi connectivity index (χ1) is 14.6. The number of carbonyl (C=O) groups excluding carboxylic acids is 2. The van der Waals surface area contributed by atoms with Gasteiger partial charge in [-0.25, -0.2) is 4.79 Å².